The van der Waals surface area contributed by atoms with E-state index in [9.17, 15) is 9.59 Å². The maximum Gasteiger partial charge on any atom is 0.363 e. The molecule has 2 aromatic rings. The third-order valence-corrected chi connectivity index (χ3v) is 3.77. The van der Waals surface area contributed by atoms with Crippen LogP contribution in [0.3, 0.4) is 0 Å². The largest absolute Gasteiger partial charge is 0.402 e. The van der Waals surface area contributed by atoms with Crippen LogP contribution in [0.2, 0.25) is 0 Å². The number of halogens is 1. The minimum atomic E-state index is -0.487. The molecule has 1 aliphatic heterocycles. The third kappa shape index (κ3) is 3.78. The van der Waals surface area contributed by atoms with Crippen molar-refractivity contribution in [1.82, 2.24) is 0 Å². The van der Waals surface area contributed by atoms with Crippen LogP contribution in [0, 0.1) is 0 Å². The number of anilines is 1. The molecular formula is C18H13BrN2O3. The molecule has 24 heavy (non-hydrogen) atoms. The van der Waals surface area contributed by atoms with Gasteiger partial charge in [0.2, 0.25) is 11.8 Å². The summed E-state index contributed by atoms with van der Waals surface area (Å²) in [6, 6.07) is 14.4. The Morgan fingerprint density at radius 3 is 2.42 bits per heavy atom. The molecular weight excluding hydrogens is 372 g/mol. The van der Waals surface area contributed by atoms with Gasteiger partial charge in [0.1, 0.15) is 0 Å². The topological polar surface area (TPSA) is 67.8 Å². The predicted molar refractivity (Wildman–Crippen MR) is 95.5 cm³/mol. The highest BCUT2D eigenvalue weighted by molar-refractivity contribution is 9.10. The van der Waals surface area contributed by atoms with Crippen LogP contribution in [0.4, 0.5) is 5.69 Å². The van der Waals surface area contributed by atoms with E-state index < -0.39 is 5.97 Å². The molecule has 0 aromatic heterocycles. The number of nitrogens with zero attached hydrogens (tertiary/aromatic N) is 1. The average molecular weight is 385 g/mol. The number of rotatable bonds is 3. The van der Waals surface area contributed by atoms with E-state index in [0.717, 1.165) is 10.0 Å². The monoisotopic (exact) mass is 384 g/mol. The molecule has 0 saturated heterocycles. The first-order valence-corrected chi connectivity index (χ1v) is 7.97. The van der Waals surface area contributed by atoms with Crippen molar-refractivity contribution in [2.24, 2.45) is 4.99 Å². The molecule has 1 amide bonds. The molecule has 0 fully saturated rings. The zero-order valence-corrected chi connectivity index (χ0v) is 14.3. The summed E-state index contributed by atoms with van der Waals surface area (Å²) >= 11 is 3.36. The number of carbonyl (C=O) groups excluding carboxylic acids is 2. The molecule has 0 saturated carbocycles. The van der Waals surface area contributed by atoms with Gasteiger partial charge in [0.05, 0.1) is 0 Å². The molecule has 0 spiro atoms. The Morgan fingerprint density at radius 1 is 1.12 bits per heavy atom. The summed E-state index contributed by atoms with van der Waals surface area (Å²) in [4.78, 5) is 27.2. The normalized spacial score (nSPS) is 15.2. The van der Waals surface area contributed by atoms with Gasteiger partial charge in [0.25, 0.3) is 0 Å². The molecule has 2 aromatic carbocycles. The van der Waals surface area contributed by atoms with Gasteiger partial charge in [-0.05, 0) is 48.0 Å². The van der Waals surface area contributed by atoms with Gasteiger partial charge in [-0.1, -0.05) is 28.1 Å². The lowest BCUT2D eigenvalue weighted by Gasteiger charge is -2.03. The van der Waals surface area contributed by atoms with E-state index in [1.54, 1.807) is 30.3 Å². The highest BCUT2D eigenvalue weighted by atomic mass is 79.9. The van der Waals surface area contributed by atoms with Crippen LogP contribution in [0.1, 0.15) is 18.1 Å². The average Bonchev–Trinajstić information content (AvgIpc) is 2.91. The van der Waals surface area contributed by atoms with Gasteiger partial charge in [-0.2, -0.15) is 0 Å². The number of ether oxygens (including phenoxy) is 1. The Balaban J connectivity index is 1.83. The van der Waals surface area contributed by atoms with E-state index in [1.165, 1.54) is 6.92 Å². The van der Waals surface area contributed by atoms with Crippen LogP contribution in [-0.2, 0) is 14.3 Å². The van der Waals surface area contributed by atoms with Gasteiger partial charge in [-0.3, -0.25) is 4.79 Å². The van der Waals surface area contributed by atoms with Crippen LogP contribution >= 0.6 is 15.9 Å². The first-order chi connectivity index (χ1) is 11.5. The highest BCUT2D eigenvalue weighted by Crippen LogP contribution is 2.21. The van der Waals surface area contributed by atoms with Gasteiger partial charge in [0, 0.05) is 22.6 Å². The van der Waals surface area contributed by atoms with Crippen molar-refractivity contribution < 1.29 is 14.3 Å². The van der Waals surface area contributed by atoms with E-state index in [1.807, 2.05) is 24.3 Å². The summed E-state index contributed by atoms with van der Waals surface area (Å²) in [6.07, 6.45) is 1.67. The Hall–Kier alpha value is -2.73. The molecule has 5 nitrogen and oxygen atoms in total. The minimum absolute atomic E-state index is 0.146. The Morgan fingerprint density at radius 2 is 1.79 bits per heavy atom. The van der Waals surface area contributed by atoms with Crippen molar-refractivity contribution in [2.75, 3.05) is 5.32 Å². The van der Waals surface area contributed by atoms with Crippen molar-refractivity contribution >= 4 is 45.5 Å². The maximum absolute atomic E-state index is 12.0. The second kappa shape index (κ2) is 6.80. The summed E-state index contributed by atoms with van der Waals surface area (Å²) in [6.45, 7) is 1.44. The molecule has 3 rings (SSSR count). The van der Waals surface area contributed by atoms with Gasteiger partial charge in [-0.25, -0.2) is 9.79 Å². The summed E-state index contributed by atoms with van der Waals surface area (Å²) in [5.74, 6) is -0.385. The quantitative estimate of drug-likeness (QED) is 0.647. The predicted octanol–water partition coefficient (Wildman–Crippen LogP) is 3.75. The molecule has 0 unspecified atom stereocenters. The SMILES string of the molecule is CC(=O)Nc1ccc(C2=N/C(=C/c3ccc(Br)cc3)C(=O)O2)cc1. The molecule has 0 atom stereocenters. The Bertz CT molecular complexity index is 853. The lowest BCUT2D eigenvalue weighted by Crippen LogP contribution is -2.07. The Kier molecular flexibility index (Phi) is 4.57. The zero-order valence-electron chi connectivity index (χ0n) is 12.7. The van der Waals surface area contributed by atoms with Crippen molar-refractivity contribution in [3.63, 3.8) is 0 Å². The second-order valence-electron chi connectivity index (χ2n) is 5.15. The van der Waals surface area contributed by atoms with Crippen molar-refractivity contribution in [3.8, 4) is 0 Å². The molecule has 6 heteroatoms. The molecule has 0 radical (unpaired) electrons. The molecule has 0 bridgehead atoms. The number of nitrogens with one attached hydrogen (secondary N) is 1. The smallest absolute Gasteiger partial charge is 0.363 e. The van der Waals surface area contributed by atoms with E-state index in [-0.39, 0.29) is 17.5 Å². The van der Waals surface area contributed by atoms with E-state index in [2.05, 4.69) is 26.2 Å². The summed E-state index contributed by atoms with van der Waals surface area (Å²) in [7, 11) is 0. The van der Waals surface area contributed by atoms with Crippen LogP contribution < -0.4 is 5.32 Å². The summed E-state index contributed by atoms with van der Waals surface area (Å²) < 4.78 is 6.18. The number of amides is 1. The highest BCUT2D eigenvalue weighted by Gasteiger charge is 2.24. The lowest BCUT2D eigenvalue weighted by atomic mass is 10.2. The number of carbonyl (C=O) groups is 2. The maximum atomic E-state index is 12.0. The van der Waals surface area contributed by atoms with Gasteiger partial charge >= 0.3 is 5.97 Å². The van der Waals surface area contributed by atoms with Crippen LogP contribution in [0.15, 0.2) is 63.7 Å². The van der Waals surface area contributed by atoms with Gasteiger partial charge in [-0.15, -0.1) is 0 Å². The molecule has 0 aliphatic carbocycles. The second-order valence-corrected chi connectivity index (χ2v) is 6.06. The fourth-order valence-electron chi connectivity index (χ4n) is 2.15. The Labute approximate surface area is 147 Å². The lowest BCUT2D eigenvalue weighted by molar-refractivity contribution is -0.129. The molecule has 1 N–H and O–H groups in total. The number of cyclic esters (lactones) is 1. The number of hydrogen-bond donors (Lipinski definition) is 1. The molecule has 1 aliphatic rings. The van der Waals surface area contributed by atoms with E-state index in [0.29, 0.717) is 11.3 Å². The zero-order chi connectivity index (χ0) is 17.1. The third-order valence-electron chi connectivity index (χ3n) is 3.25. The van der Waals surface area contributed by atoms with Gasteiger partial charge in [0.15, 0.2) is 5.70 Å². The number of hydrogen-bond acceptors (Lipinski definition) is 4. The van der Waals surface area contributed by atoms with E-state index >= 15 is 0 Å². The first-order valence-electron chi connectivity index (χ1n) is 7.17. The number of aliphatic imine (C=N–C) groups is 1. The van der Waals surface area contributed by atoms with Crippen molar-refractivity contribution in [3.05, 3.63) is 69.8 Å². The first kappa shape index (κ1) is 16.1. The minimum Gasteiger partial charge on any atom is -0.402 e. The van der Waals surface area contributed by atoms with Gasteiger partial charge < -0.3 is 10.1 Å². The molecule has 1 heterocycles. The van der Waals surface area contributed by atoms with E-state index in [4.69, 9.17) is 4.74 Å². The molecule has 120 valence electrons. The fourth-order valence-corrected chi connectivity index (χ4v) is 2.41. The van der Waals surface area contributed by atoms with Crippen molar-refractivity contribution in [2.45, 2.75) is 6.92 Å². The summed E-state index contributed by atoms with van der Waals surface area (Å²) in [5.41, 5.74) is 2.44. The van der Waals surface area contributed by atoms with Crippen LogP contribution in [0.25, 0.3) is 6.08 Å². The van der Waals surface area contributed by atoms with Crippen molar-refractivity contribution in [1.29, 1.82) is 0 Å². The number of esters is 1. The number of benzene rings is 2. The summed E-state index contributed by atoms with van der Waals surface area (Å²) in [5, 5.41) is 2.68. The fraction of sp³-hybridized carbons (Fsp3) is 0.0556. The van der Waals surface area contributed by atoms with Crippen LogP contribution in [0.5, 0.6) is 0 Å². The van der Waals surface area contributed by atoms with Crippen LogP contribution in [-0.4, -0.2) is 17.8 Å². The standard InChI is InChI=1S/C18H13BrN2O3/c1-11(22)20-15-8-4-13(5-9-15)17-21-16(18(23)24-17)10-12-2-6-14(19)7-3-12/h2-10H,1H3,(H,20,22)/b16-10+.